The molecule has 108 heavy (non-hydrogen) atoms. The van der Waals surface area contributed by atoms with E-state index in [-0.39, 0.29) is 102 Å². The van der Waals surface area contributed by atoms with Gasteiger partial charge in [-0.25, -0.2) is 9.69 Å². The summed E-state index contributed by atoms with van der Waals surface area (Å²) in [5.41, 5.74) is 12.3. The summed E-state index contributed by atoms with van der Waals surface area (Å²) in [7, 11) is 2.98. The van der Waals surface area contributed by atoms with E-state index in [2.05, 4.69) is 38.4 Å². The van der Waals surface area contributed by atoms with Gasteiger partial charge < -0.3 is 80.9 Å². The van der Waals surface area contributed by atoms with Crippen LogP contribution in [0.25, 0.3) is 5.57 Å². The summed E-state index contributed by atoms with van der Waals surface area (Å²) in [4.78, 5) is 107. The SMILES string of the molecule is COc1cc2c(cc1OCCCCCOc1cc3c(cc1OC)C(=O)N1CC4(CC4)C[C@H]1C(O)N3C(=O)OCc1ccc(NC(=O)[C@H](C)NC(=O)[C@@H](NC(=O)CCCCNC(=O)CCC(C)(O)N3Cc4ccccc4C#Cc4ccccc43)C(C)C)cc1)N=CC1CC(c3ccc(CNC(=N)N)cc3)=CN1C2=O. The van der Waals surface area contributed by atoms with Gasteiger partial charge in [-0.05, 0) is 147 Å². The van der Waals surface area contributed by atoms with Crippen LogP contribution < -0.4 is 61.1 Å². The van der Waals surface area contributed by atoms with Crippen molar-refractivity contribution in [2.75, 3.05) is 55.6 Å². The lowest BCUT2D eigenvalue weighted by Gasteiger charge is -2.40. The molecular formula is C82H94N12O14. The van der Waals surface area contributed by atoms with Crippen molar-refractivity contribution in [1.29, 1.82) is 5.41 Å². The lowest BCUT2D eigenvalue weighted by molar-refractivity contribution is -0.131. The van der Waals surface area contributed by atoms with Gasteiger partial charge in [0, 0.05) is 93.2 Å². The number of guanidine groups is 1. The molecule has 6 aromatic rings. The second kappa shape index (κ2) is 33.6. The number of benzene rings is 6. The molecule has 1 aliphatic carbocycles. The highest BCUT2D eigenvalue weighted by Gasteiger charge is 2.58. The summed E-state index contributed by atoms with van der Waals surface area (Å²) in [5.74, 6) is 5.17. The van der Waals surface area contributed by atoms with E-state index in [1.807, 2.05) is 83.9 Å². The maximum Gasteiger partial charge on any atom is 0.416 e. The lowest BCUT2D eigenvalue weighted by atomic mass is 9.98. The minimum absolute atomic E-state index is 0.0638. The molecule has 1 saturated carbocycles. The normalized spacial score (nSPS) is 18.0. The number of carbonyl (C=O) groups excluding carboxylic acids is 7. The number of amides is 7. The first-order valence-electron chi connectivity index (χ1n) is 36.8. The van der Waals surface area contributed by atoms with Crippen molar-refractivity contribution in [2.45, 2.75) is 161 Å². The number of unbranched alkanes of at least 4 members (excludes halogenated alkanes) is 3. The van der Waals surface area contributed by atoms with Crippen LogP contribution in [0.5, 0.6) is 23.0 Å². The van der Waals surface area contributed by atoms with Crippen LogP contribution in [0.3, 0.4) is 0 Å². The van der Waals surface area contributed by atoms with Crippen molar-refractivity contribution in [3.05, 3.63) is 172 Å². The zero-order valence-electron chi connectivity index (χ0n) is 61.7. The Hall–Kier alpha value is -11.4. The number of nitrogens with two attached hydrogens (primary N) is 1. The number of anilines is 3. The van der Waals surface area contributed by atoms with E-state index in [1.165, 1.54) is 33.3 Å². The van der Waals surface area contributed by atoms with Crippen molar-refractivity contribution in [2.24, 2.45) is 22.1 Å². The van der Waals surface area contributed by atoms with Gasteiger partial charge in [0.2, 0.25) is 23.6 Å². The number of nitrogens with one attached hydrogen (secondary N) is 6. The average Bonchev–Trinajstić information content (AvgIpc) is 1.57. The van der Waals surface area contributed by atoms with Crippen LogP contribution >= 0.6 is 0 Å². The van der Waals surface area contributed by atoms with Crippen molar-refractivity contribution >= 4 is 82.0 Å². The molecule has 2 fully saturated rings. The third-order valence-corrected chi connectivity index (χ3v) is 20.7. The predicted molar refractivity (Wildman–Crippen MR) is 408 cm³/mol. The number of aliphatic hydroxyl groups is 2. The van der Waals surface area contributed by atoms with Crippen molar-refractivity contribution in [3.63, 3.8) is 0 Å². The number of aliphatic imine (C=N–C) groups is 1. The van der Waals surface area contributed by atoms with Gasteiger partial charge in [0.25, 0.3) is 11.8 Å². The molecule has 5 aliphatic heterocycles. The largest absolute Gasteiger partial charge is 0.493 e. The van der Waals surface area contributed by atoms with Gasteiger partial charge in [-0.1, -0.05) is 92.4 Å². The summed E-state index contributed by atoms with van der Waals surface area (Å²) in [6.45, 7) is 8.68. The number of aliphatic hydroxyl groups excluding tert-OH is 1. The Morgan fingerprint density at radius 3 is 2.12 bits per heavy atom. The molecule has 6 aliphatic rings. The lowest BCUT2D eigenvalue weighted by Crippen LogP contribution is -2.53. The maximum absolute atomic E-state index is 14.5. The van der Waals surface area contributed by atoms with E-state index in [1.54, 1.807) is 73.2 Å². The zero-order chi connectivity index (χ0) is 76.4. The molecule has 1 saturated heterocycles. The van der Waals surface area contributed by atoms with Crippen LogP contribution in [0.2, 0.25) is 0 Å². The topological polar surface area (TPSA) is 341 Å². The van der Waals surface area contributed by atoms with E-state index in [0.717, 1.165) is 56.8 Å². The molecule has 0 aromatic heterocycles. The van der Waals surface area contributed by atoms with E-state index in [9.17, 15) is 43.8 Å². The number of carbonyl (C=O) groups is 7. The van der Waals surface area contributed by atoms with Gasteiger partial charge in [0.1, 0.15) is 24.4 Å². The Balaban J connectivity index is 0.588. The predicted octanol–water partition coefficient (Wildman–Crippen LogP) is 9.54. The van der Waals surface area contributed by atoms with Gasteiger partial charge >= 0.3 is 6.09 Å². The van der Waals surface area contributed by atoms with Crippen molar-refractivity contribution in [3.8, 4) is 34.8 Å². The summed E-state index contributed by atoms with van der Waals surface area (Å²) < 4.78 is 29.9. The molecule has 0 bridgehead atoms. The maximum atomic E-state index is 14.5. The van der Waals surface area contributed by atoms with E-state index < -0.39 is 48.0 Å². The molecule has 6 atom stereocenters. The second-order valence-corrected chi connectivity index (χ2v) is 29.0. The number of methoxy groups -OCH3 is 2. The number of rotatable bonds is 30. The minimum atomic E-state index is -1.47. The number of nitrogens with zero attached hydrogens (tertiary/aromatic N) is 5. The van der Waals surface area contributed by atoms with Crippen LogP contribution in [0.15, 0.2) is 133 Å². The third kappa shape index (κ3) is 17.8. The molecule has 5 heterocycles. The highest BCUT2D eigenvalue weighted by molar-refractivity contribution is 6.07. The monoisotopic (exact) mass is 1470 g/mol. The number of ether oxygens (including phenoxy) is 5. The summed E-state index contributed by atoms with van der Waals surface area (Å²) in [6, 6.07) is 33.4. The van der Waals surface area contributed by atoms with E-state index >= 15 is 0 Å². The van der Waals surface area contributed by atoms with Crippen LogP contribution in [-0.2, 0) is 43.6 Å². The van der Waals surface area contributed by atoms with Crippen molar-refractivity contribution in [1.82, 2.24) is 31.1 Å². The summed E-state index contributed by atoms with van der Waals surface area (Å²) >= 11 is 0. The standard InChI is InChI=1S/C82H94N12O14/c1-50(2)73(90-72(96)20-12-13-35-85-71(95)31-32-81(4,103)93-47-57-18-9-8-16-54(57)27-28-56-17-10-11-19-64(56)93)75(98)88-51(3)74(97)89-59-29-23-53(24-30-59)48-108-80(102)94-65-42-70(68(105-6)40-62(65)77(100)92-49-82(33-34-82)43-66(92)78(94)101)107-37-15-7-14-36-106-69-41-63-61(39-67(69)104-5)76(99)91-46-58(38-60(91)45-86-63)55-25-21-52(22-26-55)44-87-79(83)84/h8-11,16-19,21-26,29-30,39-42,45-46,50-51,60,66,73,78,101,103H,7,12-15,20,31-38,43-44,47-49H2,1-6H3,(H,85,95)(H,88,98)(H,89,97)(H,90,96)(H4,83,84,87)/t51-,60?,66-,73-,78?,81?/m0/s1. The summed E-state index contributed by atoms with van der Waals surface area (Å²) in [6.07, 6.45) is 7.28. The fraction of sp³-hybridized carbons (Fsp3) is 0.402. The van der Waals surface area contributed by atoms with Crippen LogP contribution in [-0.4, -0.2) is 150 Å². The number of hydrogen-bond acceptors (Lipinski definition) is 17. The molecule has 3 unspecified atom stereocenters. The summed E-state index contributed by atoms with van der Waals surface area (Å²) in [5, 5.41) is 45.5. The first-order chi connectivity index (χ1) is 52.0. The fourth-order valence-corrected chi connectivity index (χ4v) is 14.3. The Labute approximate surface area is 628 Å². The smallest absolute Gasteiger partial charge is 0.416 e. The average molecular weight is 1470 g/mol. The Morgan fingerprint density at radius 1 is 0.741 bits per heavy atom. The molecule has 1 spiro atoms. The first-order valence-corrected chi connectivity index (χ1v) is 36.8. The zero-order valence-corrected chi connectivity index (χ0v) is 61.7. The molecule has 10 N–H and O–H groups in total. The van der Waals surface area contributed by atoms with Gasteiger partial charge in [0.05, 0.1) is 67.7 Å². The molecule has 566 valence electrons. The molecule has 26 nitrogen and oxygen atoms in total. The van der Waals surface area contributed by atoms with Gasteiger partial charge in [-0.3, -0.25) is 39.2 Å². The molecule has 6 aromatic carbocycles. The molecule has 12 rings (SSSR count). The highest BCUT2D eigenvalue weighted by atomic mass is 16.6. The van der Waals surface area contributed by atoms with E-state index in [4.69, 9.17) is 39.8 Å². The van der Waals surface area contributed by atoms with Crippen LogP contribution in [0.4, 0.5) is 27.5 Å². The number of para-hydroxylation sites is 1. The Morgan fingerprint density at radius 2 is 1.42 bits per heavy atom. The van der Waals surface area contributed by atoms with E-state index in [0.29, 0.717) is 112 Å². The molecular weight excluding hydrogens is 1380 g/mol. The molecule has 0 radical (unpaired) electrons. The third-order valence-electron chi connectivity index (χ3n) is 20.7. The van der Waals surface area contributed by atoms with Gasteiger partial charge in [-0.2, -0.15) is 0 Å². The second-order valence-electron chi connectivity index (χ2n) is 29.0. The van der Waals surface area contributed by atoms with Crippen LogP contribution in [0.1, 0.15) is 159 Å². The first kappa shape index (κ1) is 76.2. The minimum Gasteiger partial charge on any atom is -0.493 e. The van der Waals surface area contributed by atoms with Crippen molar-refractivity contribution < 1.29 is 67.5 Å². The molecule has 26 heteroatoms. The van der Waals surface area contributed by atoms with Gasteiger partial charge in [-0.15, -0.1) is 0 Å². The quantitative estimate of drug-likeness (QED) is 0.00877. The molecule has 7 amide bonds. The number of hydrogen-bond donors (Lipinski definition) is 9. The highest BCUT2D eigenvalue weighted by Crippen LogP contribution is 2.57. The number of fused-ring (bicyclic) bond motifs is 6. The van der Waals surface area contributed by atoms with Crippen LogP contribution in [0, 0.1) is 28.6 Å². The Kier molecular flexibility index (Phi) is 23.7. The fourth-order valence-electron chi connectivity index (χ4n) is 14.3. The van der Waals surface area contributed by atoms with Gasteiger partial charge in [0.15, 0.2) is 35.2 Å². The Bertz CT molecular complexity index is 4520.